The maximum atomic E-state index is 14.2. The number of alkyl halides is 4. The first kappa shape index (κ1) is 23.5. The second-order valence-corrected chi connectivity index (χ2v) is 10.1. The number of aromatic nitrogens is 5. The molecule has 0 aromatic carbocycles. The van der Waals surface area contributed by atoms with Crippen LogP contribution in [0.5, 0.6) is 0 Å². The molecule has 2 fully saturated rings. The molecular weight excluding hydrogens is 470 g/mol. The van der Waals surface area contributed by atoms with Crippen LogP contribution in [0.4, 0.5) is 28.0 Å². The molecule has 13 heteroatoms. The molecule has 35 heavy (non-hydrogen) atoms. The molecule has 0 radical (unpaired) electrons. The standard InChI is InChI=1S/C22H25F4N7O2/c1-19(2,23)12-33-16-7-14(27-8-13(16)9-29-33)17-15(10-28-31-17)30-18(34)32-6-5-21(35,22(24,25)26)11-20(32)3-4-20/h7-10,35H,3-6,11-12H2,1-2H3,(H,28,31)(H,30,34). The van der Waals surface area contributed by atoms with Crippen LogP contribution in [0.2, 0.25) is 0 Å². The van der Waals surface area contributed by atoms with Crippen LogP contribution < -0.4 is 5.32 Å². The summed E-state index contributed by atoms with van der Waals surface area (Å²) in [6, 6.07) is 1.13. The summed E-state index contributed by atoms with van der Waals surface area (Å²) in [5.41, 5.74) is -3.54. The highest BCUT2D eigenvalue weighted by atomic mass is 19.4. The van der Waals surface area contributed by atoms with Crippen LogP contribution in [0.3, 0.4) is 0 Å². The van der Waals surface area contributed by atoms with Crippen LogP contribution in [-0.4, -0.2) is 70.5 Å². The van der Waals surface area contributed by atoms with Gasteiger partial charge in [-0.25, -0.2) is 9.18 Å². The summed E-state index contributed by atoms with van der Waals surface area (Å²) in [7, 11) is 0. The van der Waals surface area contributed by atoms with Crippen LogP contribution in [0.25, 0.3) is 22.3 Å². The molecule has 9 nitrogen and oxygen atoms in total. The number of H-pyrrole nitrogens is 1. The van der Waals surface area contributed by atoms with E-state index < -0.39 is 41.9 Å². The van der Waals surface area contributed by atoms with Crippen LogP contribution in [0, 0.1) is 0 Å². The van der Waals surface area contributed by atoms with E-state index in [0.29, 0.717) is 40.8 Å². The third-order valence-corrected chi connectivity index (χ3v) is 6.73. The minimum absolute atomic E-state index is 0.0356. The fraction of sp³-hybridized carbons (Fsp3) is 0.545. The van der Waals surface area contributed by atoms with Gasteiger partial charge in [0.25, 0.3) is 0 Å². The summed E-state index contributed by atoms with van der Waals surface area (Å²) in [6.45, 7) is 2.72. The third-order valence-electron chi connectivity index (χ3n) is 6.73. The second kappa shape index (κ2) is 7.64. The van der Waals surface area contributed by atoms with Gasteiger partial charge in [0.2, 0.25) is 0 Å². The van der Waals surface area contributed by atoms with Crippen molar-refractivity contribution in [3.63, 3.8) is 0 Å². The number of carbonyl (C=O) groups excluding carboxylic acids is 1. The Morgan fingerprint density at radius 3 is 2.60 bits per heavy atom. The highest BCUT2D eigenvalue weighted by molar-refractivity contribution is 5.94. The number of piperidine rings is 1. The predicted molar refractivity (Wildman–Crippen MR) is 118 cm³/mol. The molecule has 2 amide bonds. The van der Waals surface area contributed by atoms with Crippen molar-refractivity contribution in [2.24, 2.45) is 0 Å². The fourth-order valence-electron chi connectivity index (χ4n) is 4.76. The van der Waals surface area contributed by atoms with Gasteiger partial charge in [0.15, 0.2) is 5.60 Å². The molecule has 1 aliphatic heterocycles. The van der Waals surface area contributed by atoms with Crippen molar-refractivity contribution < 1.29 is 27.5 Å². The van der Waals surface area contributed by atoms with E-state index in [1.54, 1.807) is 18.5 Å². The Morgan fingerprint density at radius 1 is 1.20 bits per heavy atom. The van der Waals surface area contributed by atoms with E-state index in [2.05, 4.69) is 25.6 Å². The van der Waals surface area contributed by atoms with E-state index in [-0.39, 0.29) is 13.1 Å². The van der Waals surface area contributed by atoms with E-state index in [1.807, 2.05) is 0 Å². The minimum atomic E-state index is -4.75. The van der Waals surface area contributed by atoms with E-state index >= 15 is 0 Å². The zero-order valence-corrected chi connectivity index (χ0v) is 19.2. The Morgan fingerprint density at radius 2 is 1.94 bits per heavy atom. The van der Waals surface area contributed by atoms with Crippen LogP contribution >= 0.6 is 0 Å². The first-order valence-electron chi connectivity index (χ1n) is 11.2. The van der Waals surface area contributed by atoms with E-state index in [4.69, 9.17) is 0 Å². The molecule has 2 aliphatic rings. The number of urea groups is 1. The average molecular weight is 495 g/mol. The lowest BCUT2D eigenvalue weighted by Gasteiger charge is -2.45. The lowest BCUT2D eigenvalue weighted by Crippen LogP contribution is -2.60. The van der Waals surface area contributed by atoms with Gasteiger partial charge >= 0.3 is 12.2 Å². The maximum absolute atomic E-state index is 14.2. The van der Waals surface area contributed by atoms with E-state index in [9.17, 15) is 27.5 Å². The number of nitrogens with one attached hydrogen (secondary N) is 2. The number of aliphatic hydroxyl groups is 1. The summed E-state index contributed by atoms with van der Waals surface area (Å²) in [5, 5.41) is 24.6. The molecule has 3 N–H and O–H groups in total. The SMILES string of the molecule is CC(C)(F)Cn1ncc2cnc(-c3[nH]ncc3NC(=O)N3CCC(O)(C(F)(F)F)CC34CC4)cc21. The van der Waals surface area contributed by atoms with Crippen molar-refractivity contribution in [1.29, 1.82) is 0 Å². The lowest BCUT2D eigenvalue weighted by molar-refractivity contribution is -0.277. The van der Waals surface area contributed by atoms with Crippen LogP contribution in [0.15, 0.2) is 24.7 Å². The molecule has 1 spiro atoms. The van der Waals surface area contributed by atoms with E-state index in [0.717, 1.165) is 0 Å². The number of hydrogen-bond donors (Lipinski definition) is 3. The molecule has 3 aromatic rings. The highest BCUT2D eigenvalue weighted by Crippen LogP contribution is 2.55. The number of rotatable bonds is 4. The molecule has 1 atom stereocenters. The lowest BCUT2D eigenvalue weighted by atomic mass is 9.84. The molecular formula is C22H25F4N7O2. The van der Waals surface area contributed by atoms with Crippen molar-refractivity contribution in [3.05, 3.63) is 24.7 Å². The number of anilines is 1. The average Bonchev–Trinajstić information content (AvgIpc) is 3.16. The Balaban J connectivity index is 1.37. The number of aromatic amines is 1. The molecule has 0 bridgehead atoms. The van der Waals surface area contributed by atoms with Crippen molar-refractivity contribution in [2.45, 2.75) is 69.1 Å². The largest absolute Gasteiger partial charge is 0.417 e. The van der Waals surface area contributed by atoms with Crippen LogP contribution in [-0.2, 0) is 6.54 Å². The monoisotopic (exact) mass is 495 g/mol. The normalized spacial score (nSPS) is 22.1. The molecule has 1 aliphatic carbocycles. The predicted octanol–water partition coefficient (Wildman–Crippen LogP) is 4.02. The number of nitrogens with zero attached hydrogens (tertiary/aromatic N) is 5. The molecule has 3 aromatic heterocycles. The topological polar surface area (TPSA) is 112 Å². The number of amides is 2. The van der Waals surface area contributed by atoms with Gasteiger partial charge in [-0.15, -0.1) is 0 Å². The fourth-order valence-corrected chi connectivity index (χ4v) is 4.76. The van der Waals surface area contributed by atoms with Gasteiger partial charge in [-0.3, -0.25) is 14.8 Å². The number of fused-ring (bicyclic) bond motifs is 1. The quantitative estimate of drug-likeness (QED) is 0.474. The number of likely N-dealkylation sites (tertiary alicyclic amines) is 1. The first-order chi connectivity index (χ1) is 16.3. The molecule has 5 rings (SSSR count). The molecule has 1 unspecified atom stereocenters. The zero-order valence-electron chi connectivity index (χ0n) is 19.2. The summed E-state index contributed by atoms with van der Waals surface area (Å²) in [6.07, 6.45) is -0.545. The van der Waals surface area contributed by atoms with Gasteiger partial charge < -0.3 is 15.3 Å². The Bertz CT molecular complexity index is 1270. The summed E-state index contributed by atoms with van der Waals surface area (Å²) in [5.74, 6) is 0. The minimum Gasteiger partial charge on any atom is -0.380 e. The van der Waals surface area contributed by atoms with Crippen molar-refractivity contribution >= 4 is 22.6 Å². The smallest absolute Gasteiger partial charge is 0.380 e. The molecule has 4 heterocycles. The first-order valence-corrected chi connectivity index (χ1v) is 11.2. The number of carbonyl (C=O) groups is 1. The van der Waals surface area contributed by atoms with Gasteiger partial charge in [0.1, 0.15) is 11.4 Å². The summed E-state index contributed by atoms with van der Waals surface area (Å²) >= 11 is 0. The summed E-state index contributed by atoms with van der Waals surface area (Å²) in [4.78, 5) is 18.8. The van der Waals surface area contributed by atoms with Crippen molar-refractivity contribution in [1.82, 2.24) is 29.9 Å². The Kier molecular flexibility index (Phi) is 5.13. The Hall–Kier alpha value is -3.22. The van der Waals surface area contributed by atoms with Gasteiger partial charge in [0, 0.05) is 36.5 Å². The van der Waals surface area contributed by atoms with Gasteiger partial charge in [-0.05, 0) is 32.8 Å². The molecule has 1 saturated carbocycles. The molecule has 1 saturated heterocycles. The number of pyridine rings is 1. The summed E-state index contributed by atoms with van der Waals surface area (Å²) < 4.78 is 55.8. The van der Waals surface area contributed by atoms with Gasteiger partial charge in [-0.1, -0.05) is 0 Å². The van der Waals surface area contributed by atoms with Crippen molar-refractivity contribution in [2.75, 3.05) is 11.9 Å². The Labute approximate surface area is 197 Å². The number of hydrogen-bond acceptors (Lipinski definition) is 5. The number of halogens is 4. The third kappa shape index (κ3) is 4.21. The zero-order chi connectivity index (χ0) is 25.2. The van der Waals surface area contributed by atoms with Gasteiger partial charge in [-0.2, -0.15) is 23.4 Å². The second-order valence-electron chi connectivity index (χ2n) is 10.1. The van der Waals surface area contributed by atoms with Gasteiger partial charge in [0.05, 0.1) is 35.8 Å². The molecule has 188 valence electrons. The van der Waals surface area contributed by atoms with Crippen molar-refractivity contribution in [3.8, 4) is 11.4 Å². The maximum Gasteiger partial charge on any atom is 0.417 e. The van der Waals surface area contributed by atoms with Crippen LogP contribution in [0.1, 0.15) is 39.5 Å². The highest BCUT2D eigenvalue weighted by Gasteiger charge is 2.65. The van der Waals surface area contributed by atoms with E-state index in [1.165, 1.54) is 29.6 Å².